The molecule has 0 N–H and O–H groups in total. The molecule has 2 aromatic rings. The molecule has 2 aromatic carbocycles. The van der Waals surface area contributed by atoms with Gasteiger partial charge in [0.25, 0.3) is 0 Å². The van der Waals surface area contributed by atoms with E-state index in [1.54, 1.807) is 24.1 Å². The van der Waals surface area contributed by atoms with Gasteiger partial charge >= 0.3 is 10.1 Å². The molecule has 7 nitrogen and oxygen atoms in total. The molecule has 0 heterocycles. The van der Waals surface area contributed by atoms with E-state index >= 15 is 0 Å². The molecule has 1 amide bonds. The van der Waals surface area contributed by atoms with Crippen LogP contribution in [0.15, 0.2) is 41.3 Å². The maximum Gasteiger partial charge on any atom is 0.339 e. The van der Waals surface area contributed by atoms with Crippen LogP contribution >= 0.6 is 23.2 Å². The molecule has 10 heteroatoms. The van der Waals surface area contributed by atoms with Gasteiger partial charge in [-0.2, -0.15) is 8.42 Å². The quantitative estimate of drug-likeness (QED) is 0.296. The number of carbonyl (C=O) groups excluding carboxylic acids is 1. The summed E-state index contributed by atoms with van der Waals surface area (Å²) in [5, 5.41) is 0.350. The number of nitrogens with zero attached hydrogens (tertiary/aromatic N) is 2. The second-order valence-electron chi connectivity index (χ2n) is 9.62. The second-order valence-corrected chi connectivity index (χ2v) is 12.0. The molecule has 0 fully saturated rings. The molecule has 36 heavy (non-hydrogen) atoms. The zero-order valence-electron chi connectivity index (χ0n) is 21.8. The number of carbonyl (C=O) groups is 1. The SMILES string of the molecule is CCN(CC)c1ccc(CN(CCOC)C(=O)CC(C)(C)C)c(OS(=O)(=O)c2ccc(Cl)c(Cl)c2)c1. The van der Waals surface area contributed by atoms with Crippen molar-refractivity contribution in [3.63, 3.8) is 0 Å². The van der Waals surface area contributed by atoms with Gasteiger partial charge in [-0.3, -0.25) is 4.79 Å². The summed E-state index contributed by atoms with van der Waals surface area (Å²) in [6, 6.07) is 9.41. The average Bonchev–Trinajstić information content (AvgIpc) is 2.79. The number of benzene rings is 2. The van der Waals surface area contributed by atoms with Crippen molar-refractivity contribution in [2.24, 2.45) is 5.41 Å². The van der Waals surface area contributed by atoms with E-state index in [4.69, 9.17) is 32.1 Å². The van der Waals surface area contributed by atoms with Crippen LogP contribution in [0.1, 0.15) is 46.6 Å². The van der Waals surface area contributed by atoms with E-state index < -0.39 is 10.1 Å². The molecule has 0 bridgehead atoms. The van der Waals surface area contributed by atoms with Gasteiger partial charge in [-0.05, 0) is 43.5 Å². The van der Waals surface area contributed by atoms with Gasteiger partial charge in [0.2, 0.25) is 5.91 Å². The summed E-state index contributed by atoms with van der Waals surface area (Å²) in [5.74, 6) is 0.0992. The van der Waals surface area contributed by atoms with Crippen LogP contribution in [0.4, 0.5) is 5.69 Å². The Balaban J connectivity index is 2.51. The van der Waals surface area contributed by atoms with E-state index in [0.29, 0.717) is 25.1 Å². The van der Waals surface area contributed by atoms with E-state index in [0.717, 1.165) is 18.8 Å². The lowest BCUT2D eigenvalue weighted by Gasteiger charge is -2.28. The number of hydrogen-bond acceptors (Lipinski definition) is 6. The fourth-order valence-electron chi connectivity index (χ4n) is 3.60. The van der Waals surface area contributed by atoms with E-state index in [-0.39, 0.29) is 38.6 Å². The summed E-state index contributed by atoms with van der Waals surface area (Å²) in [6.45, 7) is 12.4. The molecular weight excluding hydrogens is 523 g/mol. The highest BCUT2D eigenvalue weighted by atomic mass is 35.5. The fourth-order valence-corrected chi connectivity index (χ4v) is 4.95. The van der Waals surface area contributed by atoms with Gasteiger partial charge in [-0.25, -0.2) is 0 Å². The van der Waals surface area contributed by atoms with Crippen molar-refractivity contribution >= 4 is 44.9 Å². The third-order valence-electron chi connectivity index (χ3n) is 5.52. The Morgan fingerprint density at radius 3 is 2.22 bits per heavy atom. The highest BCUT2D eigenvalue weighted by Gasteiger charge is 2.25. The number of rotatable bonds is 12. The minimum atomic E-state index is -4.22. The summed E-state index contributed by atoms with van der Waals surface area (Å²) in [6.07, 6.45) is 0.339. The van der Waals surface area contributed by atoms with Crippen molar-refractivity contribution < 1.29 is 22.1 Å². The van der Waals surface area contributed by atoms with Crippen LogP contribution in [0.5, 0.6) is 5.75 Å². The molecule has 200 valence electrons. The number of methoxy groups -OCH3 is 1. The van der Waals surface area contributed by atoms with Crippen molar-refractivity contribution in [3.05, 3.63) is 52.0 Å². The molecule has 0 unspecified atom stereocenters. The Bertz CT molecular complexity index is 1150. The lowest BCUT2D eigenvalue weighted by Crippen LogP contribution is -2.35. The molecular formula is C26H36Cl2N2O5S. The van der Waals surface area contributed by atoms with Crippen LogP contribution in [-0.2, 0) is 26.2 Å². The number of anilines is 1. The molecule has 0 saturated heterocycles. The van der Waals surface area contributed by atoms with E-state index in [2.05, 4.69) is 4.90 Å². The molecule has 0 radical (unpaired) electrons. The Morgan fingerprint density at radius 1 is 1.00 bits per heavy atom. The molecule has 0 aliphatic carbocycles. The van der Waals surface area contributed by atoms with Crippen LogP contribution in [0.3, 0.4) is 0 Å². The maximum absolute atomic E-state index is 13.2. The Labute approximate surface area is 225 Å². The zero-order chi connectivity index (χ0) is 27.1. The van der Waals surface area contributed by atoms with Crippen LogP contribution in [0.25, 0.3) is 0 Å². The van der Waals surface area contributed by atoms with Gasteiger partial charge in [0.15, 0.2) is 0 Å². The summed E-state index contributed by atoms with van der Waals surface area (Å²) in [5.41, 5.74) is 1.17. The van der Waals surface area contributed by atoms with Gasteiger partial charge in [0.05, 0.1) is 16.7 Å². The highest BCUT2D eigenvalue weighted by molar-refractivity contribution is 7.87. The van der Waals surface area contributed by atoms with E-state index in [1.165, 1.54) is 18.2 Å². The van der Waals surface area contributed by atoms with Crippen LogP contribution in [0.2, 0.25) is 10.0 Å². The first-order valence-corrected chi connectivity index (χ1v) is 14.0. The minimum absolute atomic E-state index is 0.0503. The second kappa shape index (κ2) is 13.0. The van der Waals surface area contributed by atoms with Gasteiger partial charge in [-0.15, -0.1) is 0 Å². The van der Waals surface area contributed by atoms with Crippen LogP contribution < -0.4 is 9.08 Å². The summed E-state index contributed by atoms with van der Waals surface area (Å²) < 4.78 is 37.2. The predicted octanol–water partition coefficient (Wildman–Crippen LogP) is 6.02. The minimum Gasteiger partial charge on any atom is -0.383 e. The van der Waals surface area contributed by atoms with Crippen molar-refractivity contribution in [2.45, 2.75) is 52.5 Å². The number of amides is 1. The third kappa shape index (κ3) is 8.54. The Hall–Kier alpha value is -2.00. The van der Waals surface area contributed by atoms with Crippen molar-refractivity contribution in [2.75, 3.05) is 38.3 Å². The van der Waals surface area contributed by atoms with Gasteiger partial charge < -0.3 is 18.7 Å². The molecule has 0 aliphatic rings. The normalized spacial score (nSPS) is 11.9. The number of halogens is 2. The fraction of sp³-hybridized carbons (Fsp3) is 0.500. The number of hydrogen-bond donors (Lipinski definition) is 0. The smallest absolute Gasteiger partial charge is 0.339 e. The molecule has 0 spiro atoms. The zero-order valence-corrected chi connectivity index (χ0v) is 24.1. The lowest BCUT2D eigenvalue weighted by molar-refractivity contribution is -0.134. The lowest BCUT2D eigenvalue weighted by atomic mass is 9.91. The van der Waals surface area contributed by atoms with E-state index in [9.17, 15) is 13.2 Å². The van der Waals surface area contributed by atoms with Gasteiger partial charge in [0.1, 0.15) is 10.6 Å². The molecule has 0 atom stereocenters. The van der Waals surface area contributed by atoms with Crippen molar-refractivity contribution in [3.8, 4) is 5.75 Å². The Kier molecular flexibility index (Phi) is 10.9. The highest BCUT2D eigenvalue weighted by Crippen LogP contribution is 2.32. The summed E-state index contributed by atoms with van der Waals surface area (Å²) in [4.78, 5) is 16.7. The summed E-state index contributed by atoms with van der Waals surface area (Å²) in [7, 11) is -2.65. The largest absolute Gasteiger partial charge is 0.383 e. The van der Waals surface area contributed by atoms with Gasteiger partial charge in [-0.1, -0.05) is 50.0 Å². The molecule has 0 aromatic heterocycles. The first kappa shape index (κ1) is 30.2. The molecule has 0 aliphatic heterocycles. The predicted molar refractivity (Wildman–Crippen MR) is 146 cm³/mol. The first-order valence-electron chi connectivity index (χ1n) is 11.9. The molecule has 0 saturated carbocycles. The summed E-state index contributed by atoms with van der Waals surface area (Å²) >= 11 is 12.0. The maximum atomic E-state index is 13.2. The Morgan fingerprint density at radius 2 is 1.67 bits per heavy atom. The average molecular weight is 560 g/mol. The van der Waals surface area contributed by atoms with E-state index in [1.807, 2.05) is 40.7 Å². The van der Waals surface area contributed by atoms with Crippen LogP contribution in [0, 0.1) is 5.41 Å². The molecule has 2 rings (SSSR count). The third-order valence-corrected chi connectivity index (χ3v) is 7.49. The monoisotopic (exact) mass is 558 g/mol. The number of ether oxygens (including phenoxy) is 1. The first-order chi connectivity index (χ1) is 16.8. The standard InChI is InChI=1S/C26H36Cl2N2O5S/c1-7-29(8-2)20-10-9-19(18-30(13-14-34-6)25(31)17-26(3,4)5)24(15-20)35-36(32,33)21-11-12-22(27)23(28)16-21/h9-12,15-16H,7-8,13-14,17-18H2,1-6H3. The van der Waals surface area contributed by atoms with Crippen molar-refractivity contribution in [1.29, 1.82) is 0 Å². The van der Waals surface area contributed by atoms with Crippen molar-refractivity contribution in [1.82, 2.24) is 4.90 Å². The topological polar surface area (TPSA) is 76.2 Å². The van der Waals surface area contributed by atoms with Crippen LogP contribution in [-0.4, -0.2) is 52.6 Å². The van der Waals surface area contributed by atoms with Gasteiger partial charge in [0, 0.05) is 57.0 Å².